The number of halogens is 1. The zero-order valence-electron chi connectivity index (χ0n) is 11.3. The topological polar surface area (TPSA) is 0 Å². The molecule has 0 aromatic carbocycles. The van der Waals surface area contributed by atoms with Crippen LogP contribution < -0.4 is 0 Å². The van der Waals surface area contributed by atoms with Gasteiger partial charge in [-0.3, -0.25) is 0 Å². The molecule has 0 fully saturated rings. The highest BCUT2D eigenvalue weighted by molar-refractivity contribution is 9.11. The van der Waals surface area contributed by atoms with Crippen LogP contribution in [0.1, 0.15) is 65.2 Å². The van der Waals surface area contributed by atoms with Gasteiger partial charge >= 0.3 is 0 Å². The summed E-state index contributed by atoms with van der Waals surface area (Å²) in [6.45, 7) is 4.44. The van der Waals surface area contributed by atoms with E-state index < -0.39 is 0 Å². The highest BCUT2D eigenvalue weighted by Gasteiger charge is 1.84. The first kappa shape index (κ1) is 16.5. The van der Waals surface area contributed by atoms with Gasteiger partial charge in [-0.15, -0.1) is 0 Å². The SMILES string of the molecule is CCCC/C=C/C(Br)=C\C#CCCCCCC. The largest absolute Gasteiger partial charge is 0.0985 e. The molecule has 0 bridgehead atoms. The Bertz CT molecular complexity index is 276. The van der Waals surface area contributed by atoms with Gasteiger partial charge < -0.3 is 0 Å². The number of allylic oxidation sites excluding steroid dienone is 4. The summed E-state index contributed by atoms with van der Waals surface area (Å²) in [6, 6.07) is 0. The summed E-state index contributed by atoms with van der Waals surface area (Å²) in [6.07, 6.45) is 16.1. The number of hydrogen-bond donors (Lipinski definition) is 0. The Balaban J connectivity index is 3.67. The van der Waals surface area contributed by atoms with Gasteiger partial charge in [0.1, 0.15) is 0 Å². The first-order chi connectivity index (χ1) is 8.31. The molecule has 0 aromatic heterocycles. The first-order valence-electron chi connectivity index (χ1n) is 6.81. The number of hydrogen-bond acceptors (Lipinski definition) is 0. The van der Waals surface area contributed by atoms with E-state index in [1.54, 1.807) is 0 Å². The third-order valence-corrected chi connectivity index (χ3v) is 2.96. The van der Waals surface area contributed by atoms with E-state index in [0.29, 0.717) is 0 Å². The zero-order chi connectivity index (χ0) is 12.8. The van der Waals surface area contributed by atoms with E-state index in [0.717, 1.165) is 17.3 Å². The Morgan fingerprint density at radius 3 is 2.53 bits per heavy atom. The van der Waals surface area contributed by atoms with Crippen LogP contribution in [0.25, 0.3) is 0 Å². The van der Waals surface area contributed by atoms with Gasteiger partial charge in [0.15, 0.2) is 0 Å². The lowest BCUT2D eigenvalue weighted by molar-refractivity contribution is 0.679. The predicted molar refractivity (Wildman–Crippen MR) is 82.2 cm³/mol. The van der Waals surface area contributed by atoms with E-state index in [4.69, 9.17) is 0 Å². The van der Waals surface area contributed by atoms with Crippen LogP contribution in [0.3, 0.4) is 0 Å². The maximum Gasteiger partial charge on any atom is 0.0255 e. The molecule has 0 radical (unpaired) electrons. The molecular formula is C16H25Br. The Hall–Kier alpha value is -0.480. The predicted octanol–water partition coefficient (Wildman–Crippen LogP) is 5.99. The lowest BCUT2D eigenvalue weighted by Gasteiger charge is -1.91. The van der Waals surface area contributed by atoms with Gasteiger partial charge in [0.2, 0.25) is 0 Å². The standard InChI is InChI=1S/C16H25Br/c1-3-5-7-9-10-11-13-15-16(17)14-12-8-6-4-2/h12,14-15H,3-10H2,1-2H3/b14-12+,16-15+. The molecule has 0 heterocycles. The maximum atomic E-state index is 3.50. The molecule has 0 aliphatic heterocycles. The van der Waals surface area contributed by atoms with E-state index in [9.17, 15) is 0 Å². The van der Waals surface area contributed by atoms with Crippen molar-refractivity contribution in [2.45, 2.75) is 65.2 Å². The van der Waals surface area contributed by atoms with Crippen LogP contribution in [0.5, 0.6) is 0 Å². The summed E-state index contributed by atoms with van der Waals surface area (Å²) in [5, 5.41) is 0. The molecule has 0 rings (SSSR count). The van der Waals surface area contributed by atoms with Crippen LogP contribution >= 0.6 is 15.9 Å². The minimum Gasteiger partial charge on any atom is -0.0985 e. The number of unbranched alkanes of at least 4 members (excludes halogenated alkanes) is 6. The van der Waals surface area contributed by atoms with Crippen molar-refractivity contribution >= 4 is 15.9 Å². The fourth-order valence-corrected chi connectivity index (χ4v) is 1.70. The van der Waals surface area contributed by atoms with Crippen molar-refractivity contribution < 1.29 is 0 Å². The minimum absolute atomic E-state index is 1.02. The Kier molecular flexibility index (Phi) is 13.2. The van der Waals surface area contributed by atoms with Crippen LogP contribution in [0, 0.1) is 11.8 Å². The summed E-state index contributed by atoms with van der Waals surface area (Å²) in [5.74, 6) is 6.28. The molecule has 0 atom stereocenters. The van der Waals surface area contributed by atoms with Crippen molar-refractivity contribution in [3.05, 3.63) is 22.7 Å². The van der Waals surface area contributed by atoms with Crippen molar-refractivity contribution in [1.29, 1.82) is 0 Å². The van der Waals surface area contributed by atoms with Crippen molar-refractivity contribution in [3.63, 3.8) is 0 Å². The first-order valence-corrected chi connectivity index (χ1v) is 7.61. The average Bonchev–Trinajstić information content (AvgIpc) is 2.33. The van der Waals surface area contributed by atoms with Gasteiger partial charge in [-0.1, -0.05) is 85.9 Å². The quantitative estimate of drug-likeness (QED) is 0.293. The van der Waals surface area contributed by atoms with Crippen molar-refractivity contribution in [1.82, 2.24) is 0 Å². The molecule has 0 nitrogen and oxygen atoms in total. The third-order valence-electron chi connectivity index (χ3n) is 2.47. The van der Waals surface area contributed by atoms with E-state index in [2.05, 4.69) is 53.8 Å². The highest BCUT2D eigenvalue weighted by Crippen LogP contribution is 2.07. The molecule has 0 N–H and O–H groups in total. The maximum absolute atomic E-state index is 3.50. The number of rotatable bonds is 8. The highest BCUT2D eigenvalue weighted by atomic mass is 79.9. The molecule has 0 aliphatic rings. The Morgan fingerprint density at radius 1 is 1.06 bits per heavy atom. The lowest BCUT2D eigenvalue weighted by atomic mass is 10.2. The molecule has 0 saturated carbocycles. The molecule has 1 heteroatoms. The second-order valence-electron chi connectivity index (χ2n) is 4.21. The fourth-order valence-electron chi connectivity index (χ4n) is 1.40. The lowest BCUT2D eigenvalue weighted by Crippen LogP contribution is -1.73. The van der Waals surface area contributed by atoms with E-state index in [1.165, 1.54) is 38.5 Å². The molecule has 0 saturated heterocycles. The second kappa shape index (κ2) is 13.6. The summed E-state index contributed by atoms with van der Waals surface area (Å²) in [4.78, 5) is 0. The smallest absolute Gasteiger partial charge is 0.0255 e. The molecule has 0 aromatic rings. The van der Waals surface area contributed by atoms with Crippen LogP contribution in [-0.4, -0.2) is 0 Å². The third kappa shape index (κ3) is 13.5. The van der Waals surface area contributed by atoms with E-state index in [1.807, 2.05) is 6.08 Å². The van der Waals surface area contributed by atoms with Gasteiger partial charge in [-0.05, 0) is 12.8 Å². The average molecular weight is 297 g/mol. The van der Waals surface area contributed by atoms with Crippen molar-refractivity contribution in [2.24, 2.45) is 0 Å². The van der Waals surface area contributed by atoms with Crippen molar-refractivity contribution in [2.75, 3.05) is 0 Å². The Morgan fingerprint density at radius 2 is 1.82 bits per heavy atom. The minimum atomic E-state index is 1.02. The van der Waals surface area contributed by atoms with Crippen LogP contribution in [-0.2, 0) is 0 Å². The summed E-state index contributed by atoms with van der Waals surface area (Å²) < 4.78 is 1.08. The normalized spacial score (nSPS) is 11.6. The molecular weight excluding hydrogens is 272 g/mol. The Labute approximate surface area is 116 Å². The molecule has 0 aliphatic carbocycles. The molecule has 96 valence electrons. The zero-order valence-corrected chi connectivity index (χ0v) is 12.9. The van der Waals surface area contributed by atoms with E-state index >= 15 is 0 Å². The molecule has 17 heavy (non-hydrogen) atoms. The molecule has 0 amide bonds. The van der Waals surface area contributed by atoms with Gasteiger partial charge in [-0.25, -0.2) is 0 Å². The summed E-state index contributed by atoms with van der Waals surface area (Å²) in [5.41, 5.74) is 0. The second-order valence-corrected chi connectivity index (χ2v) is 5.12. The van der Waals surface area contributed by atoms with Gasteiger partial charge in [-0.2, -0.15) is 0 Å². The van der Waals surface area contributed by atoms with E-state index in [-0.39, 0.29) is 0 Å². The van der Waals surface area contributed by atoms with Crippen LogP contribution in [0.15, 0.2) is 22.7 Å². The van der Waals surface area contributed by atoms with Gasteiger partial charge in [0.05, 0.1) is 0 Å². The summed E-state index contributed by atoms with van der Waals surface area (Å²) in [7, 11) is 0. The molecule has 0 unspecified atom stereocenters. The van der Waals surface area contributed by atoms with Crippen LogP contribution in [0.2, 0.25) is 0 Å². The molecule has 0 spiro atoms. The van der Waals surface area contributed by atoms with Gasteiger partial charge in [0.25, 0.3) is 0 Å². The fraction of sp³-hybridized carbons (Fsp3) is 0.625. The monoisotopic (exact) mass is 296 g/mol. The van der Waals surface area contributed by atoms with Gasteiger partial charge in [0, 0.05) is 17.0 Å². The van der Waals surface area contributed by atoms with Crippen LogP contribution in [0.4, 0.5) is 0 Å². The van der Waals surface area contributed by atoms with Crippen molar-refractivity contribution in [3.8, 4) is 11.8 Å². The summed E-state index contributed by atoms with van der Waals surface area (Å²) >= 11 is 3.50.